The largest absolute Gasteiger partial charge is 0.428 e. The van der Waals surface area contributed by atoms with Gasteiger partial charge >= 0.3 is 11.9 Å². The fraction of sp³-hybridized carbons (Fsp3) is 0.579. The van der Waals surface area contributed by atoms with E-state index in [4.69, 9.17) is 9.47 Å². The molecule has 4 nitrogen and oxygen atoms in total. The number of hydrogen-bond donors (Lipinski definition) is 1. The Bertz CT molecular complexity index is 1090. The third-order valence-electron chi connectivity index (χ3n) is 8.35. The lowest BCUT2D eigenvalue weighted by Crippen LogP contribution is -2.13. The zero-order chi connectivity index (χ0) is 31.6. The highest BCUT2D eigenvalue weighted by Crippen LogP contribution is 2.38. The van der Waals surface area contributed by atoms with Gasteiger partial charge in [-0.15, -0.1) is 0 Å². The highest BCUT2D eigenvalue weighted by Gasteiger charge is 2.23. The fourth-order valence-corrected chi connectivity index (χ4v) is 5.82. The molecule has 1 fully saturated rings. The molecule has 0 heterocycles. The lowest BCUT2D eigenvalue weighted by molar-refractivity contribution is -0.142. The van der Waals surface area contributed by atoms with Gasteiger partial charge in [0.25, 0.3) is 0 Å². The van der Waals surface area contributed by atoms with Crippen LogP contribution in [-0.2, 0) is 19.1 Å². The summed E-state index contributed by atoms with van der Waals surface area (Å²) in [5.41, 5.74) is 3.26. The summed E-state index contributed by atoms with van der Waals surface area (Å²) in [4.78, 5) is 25.2. The Kier molecular flexibility index (Phi) is 17.4. The van der Waals surface area contributed by atoms with Gasteiger partial charge in [0, 0.05) is 17.6 Å². The maximum absolute atomic E-state index is 12.6. The molecule has 0 saturated heterocycles. The summed E-state index contributed by atoms with van der Waals surface area (Å²) in [6, 6.07) is 8.60. The van der Waals surface area contributed by atoms with E-state index in [0.29, 0.717) is 35.0 Å². The molecule has 0 bridgehead atoms. The number of hydrogen-bond acceptors (Lipinski definition) is 5. The molecule has 1 aliphatic carbocycles. The Labute approximate surface area is 267 Å². The van der Waals surface area contributed by atoms with Crippen LogP contribution in [0.3, 0.4) is 0 Å². The molecule has 0 radical (unpaired) electrons. The monoisotopic (exact) mass is 608 g/mol. The number of esters is 2. The van der Waals surface area contributed by atoms with Gasteiger partial charge in [0.15, 0.2) is 0 Å². The molecule has 0 atom stereocenters. The molecule has 2 rings (SSSR count). The predicted molar refractivity (Wildman–Crippen MR) is 184 cm³/mol. The van der Waals surface area contributed by atoms with Crippen LogP contribution in [0.4, 0.5) is 0 Å². The van der Waals surface area contributed by atoms with Crippen LogP contribution in [0.5, 0.6) is 0 Å². The van der Waals surface area contributed by atoms with Crippen LogP contribution in [-0.4, -0.2) is 17.7 Å². The van der Waals surface area contributed by atoms with Crippen molar-refractivity contribution >= 4 is 30.1 Å². The number of carbonyl (C=O) groups excluding carboxylic acids is 2. The van der Waals surface area contributed by atoms with Crippen LogP contribution in [0, 0.1) is 11.8 Å². The van der Waals surface area contributed by atoms with Crippen molar-refractivity contribution in [2.75, 3.05) is 5.75 Å². The van der Waals surface area contributed by atoms with Crippen LogP contribution in [0.15, 0.2) is 66.7 Å². The minimum atomic E-state index is -0.458. The molecule has 238 valence electrons. The van der Waals surface area contributed by atoms with Gasteiger partial charge in [-0.05, 0) is 86.3 Å². The molecule has 0 aromatic heterocycles. The molecule has 0 amide bonds. The first-order chi connectivity index (χ1) is 20.7. The first-order valence-electron chi connectivity index (χ1n) is 16.6. The maximum Gasteiger partial charge on any atom is 0.338 e. The topological polar surface area (TPSA) is 52.6 Å². The van der Waals surface area contributed by atoms with E-state index >= 15 is 0 Å². The van der Waals surface area contributed by atoms with Crippen molar-refractivity contribution in [3.8, 4) is 0 Å². The molecule has 0 unspecified atom stereocenters. The summed E-state index contributed by atoms with van der Waals surface area (Å²) in [5, 5.41) is 0. The van der Waals surface area contributed by atoms with Crippen molar-refractivity contribution in [3.63, 3.8) is 0 Å². The van der Waals surface area contributed by atoms with Gasteiger partial charge in [0.2, 0.25) is 0 Å². The van der Waals surface area contributed by atoms with Gasteiger partial charge in [-0.3, -0.25) is 4.79 Å². The number of carbonyl (C=O) groups is 2. The van der Waals surface area contributed by atoms with Crippen molar-refractivity contribution in [2.45, 2.75) is 124 Å². The highest BCUT2D eigenvalue weighted by molar-refractivity contribution is 7.80. The van der Waals surface area contributed by atoms with Gasteiger partial charge in [-0.2, -0.15) is 12.6 Å². The Morgan fingerprint density at radius 1 is 0.953 bits per heavy atom. The van der Waals surface area contributed by atoms with Gasteiger partial charge in [-0.1, -0.05) is 103 Å². The Balaban J connectivity index is 2.35. The van der Waals surface area contributed by atoms with Gasteiger partial charge < -0.3 is 9.47 Å². The van der Waals surface area contributed by atoms with Crippen molar-refractivity contribution < 1.29 is 19.1 Å². The van der Waals surface area contributed by atoms with Crippen molar-refractivity contribution in [1.29, 1.82) is 0 Å². The third kappa shape index (κ3) is 13.3. The van der Waals surface area contributed by atoms with E-state index in [2.05, 4.69) is 57.0 Å². The van der Waals surface area contributed by atoms with E-state index in [9.17, 15) is 9.59 Å². The lowest BCUT2D eigenvalue weighted by Gasteiger charge is -2.29. The molecular formula is C38H56O4S. The minimum absolute atomic E-state index is 0.294. The standard InChI is InChI=1S/C38H56O4S/c1-7-9-13-16-30-18-20-31(21-19-30)32-22-24-33(25-23-32)35(36(8-2)42-38(40)29(5)6)27-34(41-37(39)28(3)4)17-14-11-10-12-15-26-43/h8,22-25,27,29-31,43H,2-3,7,9-21,26H2,1,4-6H3/b34-27+,36-35-. The third-order valence-corrected chi connectivity index (χ3v) is 8.66. The minimum Gasteiger partial charge on any atom is -0.428 e. The second-order valence-electron chi connectivity index (χ2n) is 12.4. The van der Waals surface area contributed by atoms with E-state index < -0.39 is 5.97 Å². The quantitative estimate of drug-likeness (QED) is 0.0424. The van der Waals surface area contributed by atoms with E-state index in [1.807, 2.05) is 6.08 Å². The number of thiol groups is 1. The average Bonchev–Trinajstić information content (AvgIpc) is 3.00. The lowest BCUT2D eigenvalue weighted by atomic mass is 9.77. The van der Waals surface area contributed by atoms with Gasteiger partial charge in [0.1, 0.15) is 11.5 Å². The van der Waals surface area contributed by atoms with Crippen molar-refractivity contribution in [3.05, 3.63) is 77.8 Å². The first kappa shape index (κ1) is 36.7. The number of allylic oxidation sites excluding steroid dienone is 4. The number of ether oxygens (including phenoxy) is 2. The van der Waals surface area contributed by atoms with Crippen LogP contribution < -0.4 is 0 Å². The molecule has 0 aliphatic heterocycles. The summed E-state index contributed by atoms with van der Waals surface area (Å²) in [5.74, 6) is 2.14. The summed E-state index contributed by atoms with van der Waals surface area (Å²) < 4.78 is 11.6. The maximum atomic E-state index is 12.6. The predicted octanol–water partition coefficient (Wildman–Crippen LogP) is 10.9. The molecule has 43 heavy (non-hydrogen) atoms. The van der Waals surface area contributed by atoms with Gasteiger partial charge in [-0.25, -0.2) is 4.79 Å². The Morgan fingerprint density at radius 2 is 1.60 bits per heavy atom. The molecule has 1 saturated carbocycles. The second-order valence-corrected chi connectivity index (χ2v) is 12.9. The van der Waals surface area contributed by atoms with E-state index in [-0.39, 0.29) is 11.9 Å². The SMILES string of the molecule is C=C/C(OC(=O)C(C)C)=C(\C=C(/CCCCCCCS)OC(=O)C(=C)C)c1ccc(C2CCC(CCCCC)CC2)cc1. The number of benzene rings is 1. The molecule has 1 aromatic carbocycles. The molecule has 0 spiro atoms. The van der Waals surface area contributed by atoms with Crippen molar-refractivity contribution in [1.82, 2.24) is 0 Å². The second kappa shape index (κ2) is 20.4. The highest BCUT2D eigenvalue weighted by atomic mass is 32.1. The average molecular weight is 609 g/mol. The molecular weight excluding hydrogens is 552 g/mol. The molecule has 1 aliphatic rings. The van der Waals surface area contributed by atoms with E-state index in [1.165, 1.54) is 56.9 Å². The summed E-state index contributed by atoms with van der Waals surface area (Å²) in [6.45, 7) is 15.2. The Morgan fingerprint density at radius 3 is 2.19 bits per heavy atom. The zero-order valence-electron chi connectivity index (χ0n) is 27.3. The van der Waals surface area contributed by atoms with Gasteiger partial charge in [0.05, 0.1) is 5.92 Å². The van der Waals surface area contributed by atoms with E-state index in [0.717, 1.165) is 49.3 Å². The molecule has 0 N–H and O–H groups in total. The smallest absolute Gasteiger partial charge is 0.338 e. The molecule has 5 heteroatoms. The normalized spacial score (nSPS) is 17.8. The first-order valence-corrected chi connectivity index (χ1v) is 17.2. The van der Waals surface area contributed by atoms with Crippen LogP contribution in [0.25, 0.3) is 5.57 Å². The number of unbranched alkanes of at least 4 members (excludes halogenated alkanes) is 6. The zero-order valence-corrected chi connectivity index (χ0v) is 28.2. The summed E-state index contributed by atoms with van der Waals surface area (Å²) in [7, 11) is 0. The van der Waals surface area contributed by atoms with E-state index in [1.54, 1.807) is 26.8 Å². The fourth-order valence-electron chi connectivity index (χ4n) is 5.59. The number of rotatable bonds is 19. The summed E-state index contributed by atoms with van der Waals surface area (Å²) >= 11 is 4.30. The van der Waals surface area contributed by atoms with Crippen LogP contribution in [0.2, 0.25) is 0 Å². The van der Waals surface area contributed by atoms with Crippen molar-refractivity contribution in [2.24, 2.45) is 11.8 Å². The Hall–Kier alpha value is -2.53. The van der Waals surface area contributed by atoms with Crippen LogP contribution in [0.1, 0.15) is 135 Å². The summed E-state index contributed by atoms with van der Waals surface area (Å²) in [6.07, 6.45) is 19.7. The molecule has 1 aromatic rings. The van der Waals surface area contributed by atoms with Crippen LogP contribution >= 0.6 is 12.6 Å².